The van der Waals surface area contributed by atoms with Gasteiger partial charge in [0.25, 0.3) is 0 Å². The zero-order valence-corrected chi connectivity index (χ0v) is 48.3. The molecule has 0 saturated carbocycles. The van der Waals surface area contributed by atoms with E-state index in [0.717, 1.165) is 163 Å². The normalized spacial score (nSPS) is 14.8. The number of fused-ring (bicyclic) bond motifs is 9. The molecule has 0 fully saturated rings. The minimum atomic E-state index is -0.368. The van der Waals surface area contributed by atoms with Gasteiger partial charge >= 0.3 is 22.5 Å². The van der Waals surface area contributed by atoms with Gasteiger partial charge in [-0.25, -0.2) is 24.2 Å². The van der Waals surface area contributed by atoms with Crippen LogP contribution in [0.3, 0.4) is 0 Å². The van der Waals surface area contributed by atoms with Crippen molar-refractivity contribution in [2.45, 2.75) is 112 Å². The molecule has 5 aromatic heterocycles. The quantitative estimate of drug-likeness (QED) is 0.157. The van der Waals surface area contributed by atoms with Gasteiger partial charge < -0.3 is 42.3 Å². The van der Waals surface area contributed by atoms with Gasteiger partial charge in [0, 0.05) is 138 Å². The summed E-state index contributed by atoms with van der Waals surface area (Å²) in [6.45, 7) is 19.5. The number of nitrogens with zero attached hydrogens (tertiary/aromatic N) is 5. The molecule has 14 nitrogen and oxygen atoms in total. The lowest BCUT2D eigenvalue weighted by molar-refractivity contribution is 0.542. The summed E-state index contributed by atoms with van der Waals surface area (Å²) in [5.74, 6) is 0.620. The van der Waals surface area contributed by atoms with Crippen molar-refractivity contribution in [2.75, 3.05) is 65.8 Å². The zero-order chi connectivity index (χ0) is 56.9. The van der Waals surface area contributed by atoms with Crippen LogP contribution in [0, 0.1) is 20.8 Å². The highest BCUT2D eigenvalue weighted by Gasteiger charge is 2.31. The minimum absolute atomic E-state index is 0.0841. The lowest BCUT2D eigenvalue weighted by atomic mass is 9.88. The highest BCUT2D eigenvalue weighted by molar-refractivity contribution is 5.93. The molecule has 82 heavy (non-hydrogen) atoms. The average Bonchev–Trinajstić information content (AvgIpc) is 4.05. The molecule has 0 atom stereocenters. The number of hydrogen-bond acceptors (Lipinski definition) is 13. The molecule has 0 unspecified atom stereocenters. The van der Waals surface area contributed by atoms with E-state index in [9.17, 15) is 19.2 Å². The molecule has 0 radical (unpaired) electrons. The Morgan fingerprint density at radius 1 is 0.549 bits per heavy atom. The third-order valence-corrected chi connectivity index (χ3v) is 17.4. The van der Waals surface area contributed by atoms with Gasteiger partial charge in [-0.15, -0.1) is 0 Å². The van der Waals surface area contributed by atoms with Gasteiger partial charge in [-0.2, -0.15) is 0 Å². The summed E-state index contributed by atoms with van der Waals surface area (Å²) in [5, 5.41) is 7.49. The molecule has 15 rings (SSSR count). The van der Waals surface area contributed by atoms with E-state index in [-0.39, 0.29) is 22.5 Å². The third-order valence-electron chi connectivity index (χ3n) is 17.4. The van der Waals surface area contributed by atoms with E-state index in [2.05, 4.69) is 57.0 Å². The molecule has 4 aliphatic heterocycles. The molecule has 1 N–H and O–H groups in total. The van der Waals surface area contributed by atoms with E-state index >= 15 is 0 Å². The number of para-hydroxylation sites is 2. The lowest BCUT2D eigenvalue weighted by Crippen LogP contribution is -2.34. The standard InChI is InChI=1S/C21H21N3O2.C18H19NO2.C16H17NO2.C13H15NO2/c1-4-24(5-2)15-11-10-14-12-16(21(25)26-19(14)13-15)20-22-17-8-6-7-9-18(17)23(20)3;20-18-13-6-1-5-12(13)15-10-11-4-2-8-19-9-3-7-14(16(11)19)17(15)21-18;1-10-8-14(18)19-16-12-5-3-7-17-6-2-4-11(15(12)17)9-13(10)16;1-4-14-11-7-12-10(5-9(11)3)8(2)6-13(15)16-12/h6-13H,4-5H2,1-3H3;10H,1-9H2;8-9H,2-7H2,1H3;5-7,14H,4H2,1-3H3. The maximum absolute atomic E-state index is 12.6. The first kappa shape index (κ1) is 54.2. The summed E-state index contributed by atoms with van der Waals surface area (Å²) in [4.78, 5) is 59.7. The van der Waals surface area contributed by atoms with Gasteiger partial charge in [0.05, 0.1) is 11.0 Å². The predicted molar refractivity (Wildman–Crippen MR) is 331 cm³/mol. The Hall–Kier alpha value is -8.39. The SMILES string of the molecule is CCN(CC)c1ccc2cc(-c3nc4ccccc4n3C)c(=O)oc2c1.CCNc1cc2oc(=O)cc(C)c2cc1C.Cc1cc(=O)oc2c3c4c(cc12)CCCN4CCC3.O=c1oc2c3c4c(cc2c2c1CCC2)CCCN4CCC3. The molecular formula is C68H72N6O8. The van der Waals surface area contributed by atoms with E-state index in [1.165, 1.54) is 76.3 Å². The molecule has 1 aliphatic carbocycles. The topological polar surface area (TPSA) is 160 Å². The number of nitrogens with one attached hydrogen (secondary N) is 1. The molecule has 5 aromatic carbocycles. The first-order valence-electron chi connectivity index (χ1n) is 29.6. The van der Waals surface area contributed by atoms with Crippen LogP contribution >= 0.6 is 0 Å². The van der Waals surface area contributed by atoms with Crippen molar-refractivity contribution < 1.29 is 17.7 Å². The first-order chi connectivity index (χ1) is 39.8. The second kappa shape index (κ2) is 22.5. The van der Waals surface area contributed by atoms with Crippen molar-refractivity contribution >= 4 is 77.7 Å². The lowest BCUT2D eigenvalue weighted by Gasteiger charge is -2.37. The molecular weight excluding hydrogens is 1030 g/mol. The summed E-state index contributed by atoms with van der Waals surface area (Å²) < 4.78 is 24.1. The van der Waals surface area contributed by atoms with Crippen molar-refractivity contribution in [2.24, 2.45) is 7.05 Å². The van der Waals surface area contributed by atoms with Crippen molar-refractivity contribution in [1.29, 1.82) is 0 Å². The van der Waals surface area contributed by atoms with Crippen LogP contribution in [-0.4, -0.2) is 55.4 Å². The molecule has 0 saturated heterocycles. The highest BCUT2D eigenvalue weighted by Crippen LogP contribution is 2.43. The highest BCUT2D eigenvalue weighted by atomic mass is 16.4. The summed E-state index contributed by atoms with van der Waals surface area (Å²) in [6, 6.07) is 27.3. The Kier molecular flexibility index (Phi) is 14.9. The number of hydrogen-bond donors (Lipinski definition) is 1. The summed E-state index contributed by atoms with van der Waals surface area (Å²) >= 11 is 0. The van der Waals surface area contributed by atoms with Crippen molar-refractivity contribution in [3.05, 3.63) is 177 Å². The number of aryl methyl sites for hydroxylation is 9. The van der Waals surface area contributed by atoms with Crippen LogP contribution in [0.4, 0.5) is 22.7 Å². The fourth-order valence-corrected chi connectivity index (χ4v) is 13.5. The van der Waals surface area contributed by atoms with Gasteiger partial charge in [-0.1, -0.05) is 12.1 Å². The molecule has 0 spiro atoms. The Morgan fingerprint density at radius 2 is 1.16 bits per heavy atom. The molecule has 0 bridgehead atoms. The van der Waals surface area contributed by atoms with E-state index in [1.807, 2.05) is 93.9 Å². The summed E-state index contributed by atoms with van der Waals surface area (Å²) in [5.41, 5.74) is 20.0. The number of anilines is 4. The average molecular weight is 1100 g/mol. The van der Waals surface area contributed by atoms with Gasteiger partial charge in [0.1, 0.15) is 33.7 Å². The Bertz CT molecular complexity index is 4380. The third kappa shape index (κ3) is 10.0. The zero-order valence-electron chi connectivity index (χ0n) is 48.3. The first-order valence-corrected chi connectivity index (χ1v) is 29.6. The van der Waals surface area contributed by atoms with Crippen LogP contribution in [-0.2, 0) is 45.6 Å². The smallest absolute Gasteiger partial charge is 0.347 e. The van der Waals surface area contributed by atoms with Crippen LogP contribution in [0.25, 0.3) is 66.3 Å². The largest absolute Gasteiger partial charge is 0.423 e. The molecule has 10 aromatic rings. The molecule has 0 amide bonds. The molecule has 422 valence electrons. The maximum atomic E-state index is 12.6. The number of benzene rings is 5. The second-order valence-corrected chi connectivity index (χ2v) is 22.6. The number of rotatable bonds is 6. The van der Waals surface area contributed by atoms with Crippen LogP contribution in [0.15, 0.2) is 122 Å². The van der Waals surface area contributed by atoms with Gasteiger partial charge in [0.2, 0.25) is 0 Å². The Balaban J connectivity index is 0.000000110. The van der Waals surface area contributed by atoms with E-state index < -0.39 is 0 Å². The summed E-state index contributed by atoms with van der Waals surface area (Å²) in [6.07, 6.45) is 12.2. The van der Waals surface area contributed by atoms with Gasteiger partial charge in [-0.05, 0) is 194 Å². The molecule has 9 heterocycles. The van der Waals surface area contributed by atoms with Crippen molar-refractivity contribution in [1.82, 2.24) is 9.55 Å². The van der Waals surface area contributed by atoms with E-state index in [0.29, 0.717) is 22.6 Å². The number of imidazole rings is 1. The fourth-order valence-electron chi connectivity index (χ4n) is 13.5. The number of aromatic nitrogens is 2. The van der Waals surface area contributed by atoms with E-state index in [4.69, 9.17) is 17.7 Å². The van der Waals surface area contributed by atoms with Crippen molar-refractivity contribution in [3.63, 3.8) is 0 Å². The van der Waals surface area contributed by atoms with Crippen LogP contribution < -0.4 is 42.5 Å². The second-order valence-electron chi connectivity index (χ2n) is 22.6. The minimum Gasteiger partial charge on any atom is -0.423 e. The van der Waals surface area contributed by atoms with Crippen LogP contribution in [0.1, 0.15) is 103 Å². The Morgan fingerprint density at radius 3 is 1.83 bits per heavy atom. The Labute approximate surface area is 476 Å². The fraction of sp³-hybridized carbons (Fsp3) is 0.368. The van der Waals surface area contributed by atoms with Crippen LogP contribution in [0.2, 0.25) is 0 Å². The van der Waals surface area contributed by atoms with Crippen molar-refractivity contribution in [3.8, 4) is 11.4 Å². The predicted octanol–water partition coefficient (Wildman–Crippen LogP) is 12.8. The summed E-state index contributed by atoms with van der Waals surface area (Å²) in [7, 11) is 1.91. The monoisotopic (exact) mass is 1100 g/mol. The maximum Gasteiger partial charge on any atom is 0.347 e. The molecule has 14 heteroatoms. The van der Waals surface area contributed by atoms with E-state index in [1.54, 1.807) is 6.07 Å². The van der Waals surface area contributed by atoms with Gasteiger partial charge in [-0.3, -0.25) is 0 Å². The van der Waals surface area contributed by atoms with Gasteiger partial charge in [0.15, 0.2) is 0 Å². The van der Waals surface area contributed by atoms with Crippen LogP contribution in [0.5, 0.6) is 0 Å². The molecule has 5 aliphatic rings.